The molecule has 0 saturated carbocycles. The van der Waals surface area contributed by atoms with Crippen LogP contribution in [0.4, 0.5) is 10.5 Å². The zero-order valence-electron chi connectivity index (χ0n) is 16.1. The maximum atomic E-state index is 12.6. The summed E-state index contributed by atoms with van der Waals surface area (Å²) >= 11 is 0. The van der Waals surface area contributed by atoms with E-state index in [1.165, 1.54) is 0 Å². The molecule has 0 aliphatic carbocycles. The highest BCUT2D eigenvalue weighted by Crippen LogP contribution is 2.30. The van der Waals surface area contributed by atoms with E-state index < -0.39 is 6.10 Å². The number of piperidine rings is 1. The smallest absolute Gasteiger partial charge is 0.321 e. The molecule has 0 unspecified atom stereocenters. The average molecular weight is 372 g/mol. The molecule has 1 fully saturated rings. The highest BCUT2D eigenvalue weighted by atomic mass is 16.5. The highest BCUT2D eigenvalue weighted by Gasteiger charge is 2.30. The maximum Gasteiger partial charge on any atom is 0.321 e. The van der Waals surface area contributed by atoms with E-state index in [-0.39, 0.29) is 18.1 Å². The molecule has 0 bridgehead atoms. The SMILES string of the molecule is CC(C)Oc1ccccc1NC(=O)N1CCC([C@@H](O)c2nccn2C)CC1. The minimum atomic E-state index is -0.602. The van der Waals surface area contributed by atoms with E-state index in [0.717, 1.165) is 12.8 Å². The molecule has 2 aromatic rings. The molecule has 1 atom stereocenters. The lowest BCUT2D eigenvalue weighted by molar-refractivity contribution is 0.0599. The van der Waals surface area contributed by atoms with Crippen LogP contribution in [-0.4, -0.2) is 44.8 Å². The molecule has 3 rings (SSSR count). The summed E-state index contributed by atoms with van der Waals surface area (Å²) in [4.78, 5) is 18.7. The van der Waals surface area contributed by atoms with Crippen molar-refractivity contribution in [2.75, 3.05) is 18.4 Å². The van der Waals surface area contributed by atoms with Crippen LogP contribution >= 0.6 is 0 Å². The average Bonchev–Trinajstić information content (AvgIpc) is 3.08. The molecule has 146 valence electrons. The van der Waals surface area contributed by atoms with E-state index in [9.17, 15) is 9.90 Å². The van der Waals surface area contributed by atoms with Crippen LogP contribution in [0.1, 0.15) is 38.6 Å². The normalized spacial score (nSPS) is 16.4. The van der Waals surface area contributed by atoms with E-state index in [2.05, 4.69) is 10.3 Å². The Hall–Kier alpha value is -2.54. The molecule has 2 N–H and O–H groups in total. The number of anilines is 1. The minimum Gasteiger partial charge on any atom is -0.489 e. The van der Waals surface area contributed by atoms with Gasteiger partial charge in [0, 0.05) is 32.5 Å². The Bertz CT molecular complexity index is 766. The summed E-state index contributed by atoms with van der Waals surface area (Å²) in [7, 11) is 1.88. The van der Waals surface area contributed by atoms with Crippen molar-refractivity contribution in [1.29, 1.82) is 0 Å². The van der Waals surface area contributed by atoms with Gasteiger partial charge < -0.3 is 24.6 Å². The third-order valence-corrected chi connectivity index (χ3v) is 4.89. The van der Waals surface area contributed by atoms with Crippen LogP contribution in [0, 0.1) is 5.92 Å². The number of aromatic nitrogens is 2. The van der Waals surface area contributed by atoms with Crippen molar-refractivity contribution < 1.29 is 14.6 Å². The second kappa shape index (κ2) is 8.43. The summed E-state index contributed by atoms with van der Waals surface area (Å²) in [5.41, 5.74) is 0.673. The highest BCUT2D eigenvalue weighted by molar-refractivity contribution is 5.91. The number of urea groups is 1. The Morgan fingerprint density at radius 1 is 1.30 bits per heavy atom. The zero-order valence-corrected chi connectivity index (χ0v) is 16.1. The Labute approximate surface area is 160 Å². The van der Waals surface area contributed by atoms with Gasteiger partial charge in [0.1, 0.15) is 17.7 Å². The van der Waals surface area contributed by atoms with Gasteiger partial charge in [0.15, 0.2) is 0 Å². The van der Waals surface area contributed by atoms with Gasteiger partial charge in [0.25, 0.3) is 0 Å². The number of aliphatic hydroxyl groups is 1. The number of hydrogen-bond donors (Lipinski definition) is 2. The molecule has 0 spiro atoms. The number of nitrogens with zero attached hydrogens (tertiary/aromatic N) is 3. The van der Waals surface area contributed by atoms with Crippen LogP contribution in [0.15, 0.2) is 36.7 Å². The lowest BCUT2D eigenvalue weighted by atomic mass is 9.91. The Kier molecular flexibility index (Phi) is 6.01. The molecule has 27 heavy (non-hydrogen) atoms. The van der Waals surface area contributed by atoms with Gasteiger partial charge in [-0.2, -0.15) is 0 Å². The number of carbonyl (C=O) groups excluding carboxylic acids is 1. The quantitative estimate of drug-likeness (QED) is 0.845. The summed E-state index contributed by atoms with van der Waals surface area (Å²) in [5.74, 6) is 1.45. The van der Waals surface area contributed by atoms with Crippen molar-refractivity contribution >= 4 is 11.7 Å². The summed E-state index contributed by atoms with van der Waals surface area (Å²) < 4.78 is 7.60. The molecule has 1 aromatic carbocycles. The Morgan fingerprint density at radius 2 is 2.00 bits per heavy atom. The Balaban J connectivity index is 1.57. The number of likely N-dealkylation sites (tertiary alicyclic amines) is 1. The van der Waals surface area contributed by atoms with Crippen LogP contribution in [0.5, 0.6) is 5.75 Å². The molecule has 1 aliphatic heterocycles. The molecule has 2 heterocycles. The number of aryl methyl sites for hydroxylation is 1. The number of hydrogen-bond acceptors (Lipinski definition) is 4. The third-order valence-electron chi connectivity index (χ3n) is 4.89. The standard InChI is InChI=1S/C20H28N4O3/c1-14(2)27-17-7-5-4-6-16(17)22-20(26)24-11-8-15(9-12-24)18(25)19-21-10-13-23(19)3/h4-7,10,13-15,18,25H,8-9,11-12H2,1-3H3,(H,22,26)/t18-/m1/s1. The molecule has 2 amide bonds. The van der Waals surface area contributed by atoms with Crippen LogP contribution in [0.25, 0.3) is 0 Å². The fourth-order valence-electron chi connectivity index (χ4n) is 3.41. The predicted octanol–water partition coefficient (Wildman–Crippen LogP) is 3.18. The van der Waals surface area contributed by atoms with Gasteiger partial charge in [-0.15, -0.1) is 0 Å². The van der Waals surface area contributed by atoms with Crippen LogP contribution in [0.2, 0.25) is 0 Å². The molecule has 1 aromatic heterocycles. The number of aliphatic hydroxyl groups excluding tert-OH is 1. The third kappa shape index (κ3) is 4.60. The first kappa shape index (κ1) is 19.2. The number of nitrogens with one attached hydrogen (secondary N) is 1. The molecule has 0 radical (unpaired) electrons. The summed E-state index contributed by atoms with van der Waals surface area (Å²) in [5, 5.41) is 13.5. The lowest BCUT2D eigenvalue weighted by Gasteiger charge is -2.34. The van der Waals surface area contributed by atoms with Crippen molar-refractivity contribution in [3.05, 3.63) is 42.5 Å². The van der Waals surface area contributed by atoms with Crippen LogP contribution in [-0.2, 0) is 7.05 Å². The molecule has 1 saturated heterocycles. The van der Waals surface area contributed by atoms with E-state index in [0.29, 0.717) is 30.4 Å². The van der Waals surface area contributed by atoms with Gasteiger partial charge in [-0.1, -0.05) is 12.1 Å². The summed E-state index contributed by atoms with van der Waals surface area (Å²) in [6.45, 7) is 5.11. The first-order chi connectivity index (χ1) is 13.0. The van der Waals surface area contributed by atoms with Crippen molar-refractivity contribution in [2.24, 2.45) is 13.0 Å². The predicted molar refractivity (Wildman–Crippen MR) is 104 cm³/mol. The molecule has 1 aliphatic rings. The molecular weight excluding hydrogens is 344 g/mol. The van der Waals surface area contributed by atoms with Crippen LogP contribution in [0.3, 0.4) is 0 Å². The second-order valence-electron chi connectivity index (χ2n) is 7.26. The van der Waals surface area contributed by atoms with Gasteiger partial charge in [0.05, 0.1) is 11.8 Å². The summed E-state index contributed by atoms with van der Waals surface area (Å²) in [6.07, 6.45) is 4.44. The number of para-hydroxylation sites is 2. The molecule has 7 heteroatoms. The maximum absolute atomic E-state index is 12.6. The van der Waals surface area contributed by atoms with Gasteiger partial charge >= 0.3 is 6.03 Å². The number of rotatable bonds is 5. The van der Waals surface area contributed by atoms with Crippen LogP contribution < -0.4 is 10.1 Å². The van der Waals surface area contributed by atoms with Gasteiger partial charge in [-0.05, 0) is 44.7 Å². The number of amides is 2. The largest absolute Gasteiger partial charge is 0.489 e. The van der Waals surface area contributed by atoms with Gasteiger partial charge in [0.2, 0.25) is 0 Å². The molecule has 7 nitrogen and oxygen atoms in total. The van der Waals surface area contributed by atoms with Crippen molar-refractivity contribution in [3.63, 3.8) is 0 Å². The second-order valence-corrected chi connectivity index (χ2v) is 7.26. The van der Waals surface area contributed by atoms with Crippen molar-refractivity contribution in [2.45, 2.75) is 38.9 Å². The lowest BCUT2D eigenvalue weighted by Crippen LogP contribution is -2.42. The number of ether oxygens (including phenoxy) is 1. The topological polar surface area (TPSA) is 79.6 Å². The first-order valence-electron chi connectivity index (χ1n) is 9.42. The first-order valence-corrected chi connectivity index (χ1v) is 9.42. The van der Waals surface area contributed by atoms with E-state index >= 15 is 0 Å². The minimum absolute atomic E-state index is 0.0337. The van der Waals surface area contributed by atoms with Crippen molar-refractivity contribution in [1.82, 2.24) is 14.5 Å². The van der Waals surface area contributed by atoms with Gasteiger partial charge in [-0.3, -0.25) is 0 Å². The van der Waals surface area contributed by atoms with E-state index in [1.807, 2.05) is 55.9 Å². The fraction of sp³-hybridized carbons (Fsp3) is 0.500. The number of benzene rings is 1. The number of carbonyl (C=O) groups is 1. The van der Waals surface area contributed by atoms with E-state index in [1.54, 1.807) is 11.1 Å². The fourth-order valence-corrected chi connectivity index (χ4v) is 3.41. The van der Waals surface area contributed by atoms with E-state index in [4.69, 9.17) is 4.74 Å². The van der Waals surface area contributed by atoms with Gasteiger partial charge in [-0.25, -0.2) is 9.78 Å². The monoisotopic (exact) mass is 372 g/mol. The summed E-state index contributed by atoms with van der Waals surface area (Å²) in [6, 6.07) is 7.31. The van der Waals surface area contributed by atoms with Crippen molar-refractivity contribution in [3.8, 4) is 5.75 Å². The molecular formula is C20H28N4O3. The number of imidazole rings is 1. The zero-order chi connectivity index (χ0) is 19.4. The Morgan fingerprint density at radius 3 is 2.63 bits per heavy atom.